The van der Waals surface area contributed by atoms with Crippen LogP contribution in [0.3, 0.4) is 0 Å². The van der Waals surface area contributed by atoms with Gasteiger partial charge in [-0.3, -0.25) is 14.6 Å². The zero-order valence-corrected chi connectivity index (χ0v) is 15.7. The van der Waals surface area contributed by atoms with Gasteiger partial charge in [0.1, 0.15) is 5.82 Å². The van der Waals surface area contributed by atoms with E-state index in [1.54, 1.807) is 6.20 Å². The number of aryl methyl sites for hydroxylation is 1. The normalized spacial score (nSPS) is 16.7. The monoisotopic (exact) mass is 367 g/mol. The smallest absolute Gasteiger partial charge is 0.241 e. The summed E-state index contributed by atoms with van der Waals surface area (Å²) in [5, 5.41) is 5.85. The van der Waals surface area contributed by atoms with Crippen LogP contribution in [0.4, 0.5) is 11.5 Å². The third-order valence-corrected chi connectivity index (χ3v) is 4.74. The van der Waals surface area contributed by atoms with Gasteiger partial charge in [-0.1, -0.05) is 6.07 Å². The largest absolute Gasteiger partial charge is 0.347 e. The fourth-order valence-corrected chi connectivity index (χ4v) is 3.23. The lowest BCUT2D eigenvalue weighted by Crippen LogP contribution is -2.44. The van der Waals surface area contributed by atoms with Gasteiger partial charge in [0.25, 0.3) is 0 Å². The Morgan fingerprint density at radius 3 is 2.81 bits per heavy atom. The van der Waals surface area contributed by atoms with Crippen molar-refractivity contribution in [1.29, 1.82) is 0 Å². The Balaban J connectivity index is 1.61. The number of nitrogens with zero attached hydrogens (tertiary/aromatic N) is 3. The quantitative estimate of drug-likeness (QED) is 0.847. The second-order valence-electron chi connectivity index (χ2n) is 6.85. The minimum absolute atomic E-state index is 0.0428. The first kappa shape index (κ1) is 18.8. The molecule has 0 bridgehead atoms. The SMILES string of the molecule is CC(=O)NCC(=O)N1CCC[C@@H](c2ccc(Nc3ncccc3C)cn2)C1. The van der Waals surface area contributed by atoms with Crippen LogP contribution in [0.15, 0.2) is 36.7 Å². The molecular weight excluding hydrogens is 342 g/mol. The average Bonchev–Trinajstić information content (AvgIpc) is 2.68. The number of piperidine rings is 1. The van der Waals surface area contributed by atoms with E-state index in [9.17, 15) is 9.59 Å². The van der Waals surface area contributed by atoms with Crippen molar-refractivity contribution in [3.8, 4) is 0 Å². The molecule has 3 heterocycles. The molecular formula is C20H25N5O2. The Labute approximate surface area is 159 Å². The van der Waals surface area contributed by atoms with E-state index in [0.29, 0.717) is 6.54 Å². The van der Waals surface area contributed by atoms with Crippen LogP contribution in [-0.2, 0) is 9.59 Å². The number of pyridine rings is 2. The second-order valence-corrected chi connectivity index (χ2v) is 6.85. The van der Waals surface area contributed by atoms with Gasteiger partial charge in [0.2, 0.25) is 11.8 Å². The number of amides is 2. The summed E-state index contributed by atoms with van der Waals surface area (Å²) in [6.45, 7) is 4.84. The van der Waals surface area contributed by atoms with Gasteiger partial charge >= 0.3 is 0 Å². The van der Waals surface area contributed by atoms with E-state index in [4.69, 9.17) is 0 Å². The summed E-state index contributed by atoms with van der Waals surface area (Å²) < 4.78 is 0. The molecule has 1 saturated heterocycles. The minimum Gasteiger partial charge on any atom is -0.347 e. The Kier molecular flexibility index (Phi) is 6.01. The highest BCUT2D eigenvalue weighted by molar-refractivity contribution is 5.83. The second kappa shape index (κ2) is 8.62. The van der Waals surface area contributed by atoms with Crippen molar-refractivity contribution in [3.63, 3.8) is 0 Å². The van der Waals surface area contributed by atoms with Gasteiger partial charge in [0, 0.05) is 37.8 Å². The number of hydrogen-bond donors (Lipinski definition) is 2. The van der Waals surface area contributed by atoms with Crippen molar-refractivity contribution in [2.75, 3.05) is 25.0 Å². The number of carbonyl (C=O) groups is 2. The van der Waals surface area contributed by atoms with Crippen LogP contribution in [0, 0.1) is 6.92 Å². The predicted molar refractivity (Wildman–Crippen MR) is 104 cm³/mol. The third-order valence-electron chi connectivity index (χ3n) is 4.74. The number of aromatic nitrogens is 2. The van der Waals surface area contributed by atoms with Crippen LogP contribution >= 0.6 is 0 Å². The van der Waals surface area contributed by atoms with Crippen molar-refractivity contribution in [2.24, 2.45) is 0 Å². The number of nitrogens with one attached hydrogen (secondary N) is 2. The maximum atomic E-state index is 12.2. The summed E-state index contributed by atoms with van der Waals surface area (Å²) >= 11 is 0. The van der Waals surface area contributed by atoms with Gasteiger partial charge in [-0.2, -0.15) is 0 Å². The molecule has 7 nitrogen and oxygen atoms in total. The summed E-state index contributed by atoms with van der Waals surface area (Å²) in [5.41, 5.74) is 2.94. The molecule has 1 fully saturated rings. The fraction of sp³-hybridized carbons (Fsp3) is 0.400. The Bertz CT molecular complexity index is 806. The lowest BCUT2D eigenvalue weighted by Gasteiger charge is -2.32. The maximum Gasteiger partial charge on any atom is 0.241 e. The van der Waals surface area contributed by atoms with E-state index < -0.39 is 0 Å². The molecule has 1 aliphatic rings. The molecule has 2 amide bonds. The maximum absolute atomic E-state index is 12.2. The Hall–Kier alpha value is -2.96. The van der Waals surface area contributed by atoms with Gasteiger partial charge in [-0.15, -0.1) is 0 Å². The van der Waals surface area contributed by atoms with Crippen molar-refractivity contribution < 1.29 is 9.59 Å². The fourth-order valence-electron chi connectivity index (χ4n) is 3.23. The third kappa shape index (κ3) is 5.03. The molecule has 27 heavy (non-hydrogen) atoms. The summed E-state index contributed by atoms with van der Waals surface area (Å²) in [6, 6.07) is 7.91. The molecule has 0 aromatic carbocycles. The number of anilines is 2. The molecule has 1 aliphatic heterocycles. The summed E-state index contributed by atoms with van der Waals surface area (Å²) in [7, 11) is 0. The zero-order valence-electron chi connectivity index (χ0n) is 15.7. The molecule has 0 radical (unpaired) electrons. The van der Waals surface area contributed by atoms with Gasteiger partial charge < -0.3 is 15.5 Å². The van der Waals surface area contributed by atoms with Crippen molar-refractivity contribution in [1.82, 2.24) is 20.2 Å². The van der Waals surface area contributed by atoms with E-state index >= 15 is 0 Å². The number of carbonyl (C=O) groups excluding carboxylic acids is 2. The van der Waals surface area contributed by atoms with Gasteiger partial charge in [-0.25, -0.2) is 4.98 Å². The van der Waals surface area contributed by atoms with Crippen molar-refractivity contribution >= 4 is 23.3 Å². The summed E-state index contributed by atoms with van der Waals surface area (Å²) in [6.07, 6.45) is 5.50. The van der Waals surface area contributed by atoms with Gasteiger partial charge in [0.05, 0.1) is 18.4 Å². The highest BCUT2D eigenvalue weighted by atomic mass is 16.2. The molecule has 2 aromatic rings. The van der Waals surface area contributed by atoms with Crippen LogP contribution in [0.1, 0.15) is 36.9 Å². The topological polar surface area (TPSA) is 87.2 Å². The van der Waals surface area contributed by atoms with Crippen LogP contribution in [0.5, 0.6) is 0 Å². The lowest BCUT2D eigenvalue weighted by molar-refractivity contribution is -0.133. The number of hydrogen-bond acceptors (Lipinski definition) is 5. The van der Waals surface area contributed by atoms with Crippen LogP contribution in [0.2, 0.25) is 0 Å². The van der Waals surface area contributed by atoms with E-state index in [1.165, 1.54) is 6.92 Å². The molecule has 0 aliphatic carbocycles. The van der Waals surface area contributed by atoms with Crippen molar-refractivity contribution in [3.05, 3.63) is 47.9 Å². The van der Waals surface area contributed by atoms with Crippen LogP contribution in [-0.4, -0.2) is 46.3 Å². The van der Waals surface area contributed by atoms with E-state index in [0.717, 1.165) is 42.1 Å². The zero-order chi connectivity index (χ0) is 19.2. The molecule has 1 atom stereocenters. The number of likely N-dealkylation sites (tertiary alicyclic amines) is 1. The van der Waals surface area contributed by atoms with E-state index in [-0.39, 0.29) is 24.3 Å². The minimum atomic E-state index is -0.190. The highest BCUT2D eigenvalue weighted by Gasteiger charge is 2.25. The summed E-state index contributed by atoms with van der Waals surface area (Å²) in [4.78, 5) is 34.0. The summed E-state index contributed by atoms with van der Waals surface area (Å²) in [5.74, 6) is 0.800. The lowest BCUT2D eigenvalue weighted by atomic mass is 9.94. The van der Waals surface area contributed by atoms with E-state index in [2.05, 4.69) is 20.6 Å². The molecule has 3 rings (SSSR count). The standard InChI is InChI=1S/C20H25N5O2/c1-14-5-3-9-21-20(14)24-17-7-8-18(23-11-17)16-6-4-10-25(13-16)19(27)12-22-15(2)26/h3,5,7-9,11,16H,4,6,10,12-13H2,1-2H3,(H,21,24)(H,22,26)/t16-/m1/s1. The predicted octanol–water partition coefficient (Wildman–Crippen LogP) is 2.37. The molecule has 7 heteroatoms. The Morgan fingerprint density at radius 2 is 2.11 bits per heavy atom. The average molecular weight is 367 g/mol. The Morgan fingerprint density at radius 1 is 1.26 bits per heavy atom. The van der Waals surface area contributed by atoms with Crippen LogP contribution < -0.4 is 10.6 Å². The molecule has 142 valence electrons. The molecule has 2 N–H and O–H groups in total. The van der Waals surface area contributed by atoms with Gasteiger partial charge in [-0.05, 0) is 43.5 Å². The van der Waals surface area contributed by atoms with Gasteiger partial charge in [0.15, 0.2) is 0 Å². The van der Waals surface area contributed by atoms with E-state index in [1.807, 2.05) is 42.3 Å². The van der Waals surface area contributed by atoms with Crippen molar-refractivity contribution in [2.45, 2.75) is 32.6 Å². The molecule has 0 saturated carbocycles. The first-order chi connectivity index (χ1) is 13.0. The molecule has 0 spiro atoms. The highest BCUT2D eigenvalue weighted by Crippen LogP contribution is 2.27. The van der Waals surface area contributed by atoms with Crippen LogP contribution in [0.25, 0.3) is 0 Å². The number of rotatable bonds is 5. The molecule has 0 unspecified atom stereocenters. The molecule has 2 aromatic heterocycles. The first-order valence-corrected chi connectivity index (χ1v) is 9.19. The first-order valence-electron chi connectivity index (χ1n) is 9.19.